The number of fused-ring (bicyclic) bond motifs is 1. The van der Waals surface area contributed by atoms with E-state index in [4.69, 9.17) is 0 Å². The molecule has 2 rings (SSSR count). The molecule has 0 bridgehead atoms. The smallest absolute Gasteiger partial charge is 0.276 e. The van der Waals surface area contributed by atoms with Gasteiger partial charge in [-0.2, -0.15) is 5.10 Å². The summed E-state index contributed by atoms with van der Waals surface area (Å²) in [5.41, 5.74) is 1.44. The van der Waals surface area contributed by atoms with E-state index in [2.05, 4.69) is 21.0 Å². The van der Waals surface area contributed by atoms with Crippen LogP contribution in [0.2, 0.25) is 0 Å². The minimum atomic E-state index is -0.0294. The van der Waals surface area contributed by atoms with Crippen LogP contribution < -0.4 is 5.56 Å². The fraction of sp³-hybridized carbons (Fsp3) is 0.250. The maximum atomic E-state index is 11.6. The van der Waals surface area contributed by atoms with Gasteiger partial charge in [-0.1, -0.05) is 0 Å². The van der Waals surface area contributed by atoms with Crippen molar-refractivity contribution < 1.29 is 0 Å². The quantitative estimate of drug-likeness (QED) is 0.694. The number of nitrogens with zero attached hydrogens (tertiary/aromatic N) is 3. The van der Waals surface area contributed by atoms with E-state index in [9.17, 15) is 4.79 Å². The lowest BCUT2D eigenvalue weighted by Crippen LogP contribution is -2.20. The molecule has 2 heterocycles. The highest BCUT2D eigenvalue weighted by atomic mass is 79.9. The fourth-order valence-electron chi connectivity index (χ4n) is 1.22. The first-order valence-corrected chi connectivity index (χ1v) is 4.60. The number of aryl methyl sites for hydroxylation is 1. The zero-order valence-corrected chi connectivity index (χ0v) is 8.87. The Morgan fingerprint density at radius 1 is 1.54 bits per heavy atom. The average molecular weight is 242 g/mol. The lowest BCUT2D eigenvalue weighted by Gasteiger charge is -2.02. The van der Waals surface area contributed by atoms with E-state index in [0.717, 1.165) is 5.69 Å². The molecule has 2 aromatic heterocycles. The van der Waals surface area contributed by atoms with Gasteiger partial charge in [0.1, 0.15) is 10.1 Å². The van der Waals surface area contributed by atoms with Crippen molar-refractivity contribution in [2.45, 2.75) is 6.92 Å². The van der Waals surface area contributed by atoms with Crippen LogP contribution in [0.3, 0.4) is 0 Å². The Bertz CT molecular complexity index is 526. The normalized spacial score (nSPS) is 11.0. The molecule has 2 aromatic rings. The van der Waals surface area contributed by atoms with Crippen molar-refractivity contribution in [2.24, 2.45) is 7.05 Å². The van der Waals surface area contributed by atoms with Gasteiger partial charge in [0.15, 0.2) is 0 Å². The Morgan fingerprint density at radius 2 is 2.23 bits per heavy atom. The number of hydrogen-bond donors (Lipinski definition) is 0. The number of hydrogen-bond acceptors (Lipinski definition) is 2. The number of halogens is 1. The molecule has 0 atom stereocenters. The van der Waals surface area contributed by atoms with Gasteiger partial charge in [-0.3, -0.25) is 4.79 Å². The molecule has 0 aliphatic carbocycles. The first-order valence-electron chi connectivity index (χ1n) is 3.81. The van der Waals surface area contributed by atoms with Crippen LogP contribution in [-0.4, -0.2) is 14.2 Å². The lowest BCUT2D eigenvalue weighted by atomic mass is 10.4. The maximum Gasteiger partial charge on any atom is 0.276 e. The van der Waals surface area contributed by atoms with Crippen LogP contribution in [-0.2, 0) is 7.05 Å². The zero-order chi connectivity index (χ0) is 9.59. The molecule has 0 unspecified atom stereocenters. The Kier molecular flexibility index (Phi) is 1.76. The third kappa shape index (κ3) is 1.19. The molecule has 0 aliphatic rings. The monoisotopic (exact) mass is 241 g/mol. The summed E-state index contributed by atoms with van der Waals surface area (Å²) in [7, 11) is 1.75. The predicted octanol–water partition coefficient (Wildman–Crippen LogP) is 1.10. The summed E-state index contributed by atoms with van der Waals surface area (Å²) >= 11 is 3.23. The molecule has 5 heteroatoms. The molecule has 0 saturated carbocycles. The zero-order valence-electron chi connectivity index (χ0n) is 7.28. The molecule has 68 valence electrons. The predicted molar refractivity (Wildman–Crippen MR) is 52.9 cm³/mol. The van der Waals surface area contributed by atoms with Gasteiger partial charge in [-0.25, -0.2) is 4.52 Å². The third-order valence-corrected chi connectivity index (χ3v) is 2.46. The standard InChI is InChI=1S/C8H8BrN3O/c1-5-4-12-6(3-7(9)10-12)8(13)11(5)2/h3-4H,1-2H3. The van der Waals surface area contributed by atoms with E-state index in [0.29, 0.717) is 10.1 Å². The minimum Gasteiger partial charge on any atom is -0.313 e. The molecule has 0 radical (unpaired) electrons. The highest BCUT2D eigenvalue weighted by Crippen LogP contribution is 2.08. The Balaban J connectivity index is 3.01. The van der Waals surface area contributed by atoms with Crippen molar-refractivity contribution in [1.82, 2.24) is 14.2 Å². The summed E-state index contributed by atoms with van der Waals surface area (Å²) in [4.78, 5) is 11.6. The fourth-order valence-corrected chi connectivity index (χ4v) is 1.61. The van der Waals surface area contributed by atoms with Crippen molar-refractivity contribution >= 4 is 21.4 Å². The van der Waals surface area contributed by atoms with Gasteiger partial charge in [0.25, 0.3) is 5.56 Å². The van der Waals surface area contributed by atoms with Crippen molar-refractivity contribution in [2.75, 3.05) is 0 Å². The van der Waals surface area contributed by atoms with Gasteiger partial charge >= 0.3 is 0 Å². The van der Waals surface area contributed by atoms with Crippen LogP contribution in [0, 0.1) is 6.92 Å². The van der Waals surface area contributed by atoms with Crippen LogP contribution in [0.25, 0.3) is 5.52 Å². The van der Waals surface area contributed by atoms with E-state index in [1.165, 1.54) is 0 Å². The van der Waals surface area contributed by atoms with Crippen molar-refractivity contribution in [3.63, 3.8) is 0 Å². The first kappa shape index (κ1) is 8.50. The maximum absolute atomic E-state index is 11.6. The molecule has 0 fully saturated rings. The highest BCUT2D eigenvalue weighted by molar-refractivity contribution is 9.10. The second-order valence-electron chi connectivity index (χ2n) is 2.93. The molecule has 0 aliphatic heterocycles. The van der Waals surface area contributed by atoms with E-state index >= 15 is 0 Å². The van der Waals surface area contributed by atoms with E-state index in [1.807, 2.05) is 13.1 Å². The van der Waals surface area contributed by atoms with E-state index in [-0.39, 0.29) is 5.56 Å². The first-order chi connectivity index (χ1) is 6.09. The number of aromatic nitrogens is 3. The van der Waals surface area contributed by atoms with Gasteiger partial charge < -0.3 is 4.57 Å². The summed E-state index contributed by atoms with van der Waals surface area (Å²) in [6.45, 7) is 1.87. The molecule has 0 aromatic carbocycles. The molecule has 13 heavy (non-hydrogen) atoms. The van der Waals surface area contributed by atoms with Crippen molar-refractivity contribution in [3.8, 4) is 0 Å². The minimum absolute atomic E-state index is 0.0294. The molecular formula is C8H8BrN3O. The van der Waals surface area contributed by atoms with Crippen LogP contribution in [0.15, 0.2) is 21.7 Å². The summed E-state index contributed by atoms with van der Waals surface area (Å²) in [6, 6.07) is 1.71. The SMILES string of the molecule is Cc1cn2nc(Br)cc2c(=O)n1C. The largest absolute Gasteiger partial charge is 0.313 e. The molecule has 4 nitrogen and oxygen atoms in total. The van der Waals surface area contributed by atoms with Gasteiger partial charge in [0, 0.05) is 25.0 Å². The molecule has 0 spiro atoms. The van der Waals surface area contributed by atoms with Crippen molar-refractivity contribution in [3.05, 3.63) is 32.9 Å². The Hall–Kier alpha value is -1.10. The molecule has 0 amide bonds. The third-order valence-electron chi connectivity index (χ3n) is 2.07. The van der Waals surface area contributed by atoms with Gasteiger partial charge in [0.05, 0.1) is 0 Å². The summed E-state index contributed by atoms with van der Waals surface area (Å²) in [5.74, 6) is 0. The lowest BCUT2D eigenvalue weighted by molar-refractivity contribution is 0.781. The van der Waals surface area contributed by atoms with Crippen LogP contribution in [0.1, 0.15) is 5.69 Å². The van der Waals surface area contributed by atoms with E-state index in [1.54, 1.807) is 22.2 Å². The summed E-state index contributed by atoms with van der Waals surface area (Å²) in [6.07, 6.45) is 1.82. The highest BCUT2D eigenvalue weighted by Gasteiger charge is 2.05. The molecular weight excluding hydrogens is 234 g/mol. The Labute approximate surface area is 82.9 Å². The number of rotatable bonds is 0. The van der Waals surface area contributed by atoms with Gasteiger partial charge in [-0.15, -0.1) is 0 Å². The second-order valence-corrected chi connectivity index (χ2v) is 3.74. The summed E-state index contributed by atoms with van der Waals surface area (Å²) < 4.78 is 3.86. The molecule has 0 saturated heterocycles. The summed E-state index contributed by atoms with van der Waals surface area (Å²) in [5, 5.41) is 4.10. The Morgan fingerprint density at radius 3 is 2.92 bits per heavy atom. The van der Waals surface area contributed by atoms with Crippen LogP contribution in [0.5, 0.6) is 0 Å². The van der Waals surface area contributed by atoms with Crippen molar-refractivity contribution in [1.29, 1.82) is 0 Å². The van der Waals surface area contributed by atoms with Crippen LogP contribution in [0.4, 0.5) is 0 Å². The van der Waals surface area contributed by atoms with Gasteiger partial charge in [0.2, 0.25) is 0 Å². The van der Waals surface area contributed by atoms with Crippen LogP contribution >= 0.6 is 15.9 Å². The average Bonchev–Trinajstić information content (AvgIpc) is 2.42. The van der Waals surface area contributed by atoms with Gasteiger partial charge in [-0.05, 0) is 22.9 Å². The van der Waals surface area contributed by atoms with E-state index < -0.39 is 0 Å². The molecule has 0 N–H and O–H groups in total. The topological polar surface area (TPSA) is 39.3 Å². The second kappa shape index (κ2) is 2.70.